The molecule has 2 aromatic rings. The number of hydrogen-bond donors (Lipinski definition) is 3. The summed E-state index contributed by atoms with van der Waals surface area (Å²) in [6.07, 6.45) is 1.53. The van der Waals surface area contributed by atoms with Crippen LogP contribution in [0.5, 0.6) is 11.5 Å². The smallest absolute Gasteiger partial charge is 0.231 e. The van der Waals surface area contributed by atoms with E-state index in [9.17, 15) is 15.0 Å². The Balaban J connectivity index is 2.71. The number of phenols is 1. The Bertz CT molecular complexity index is 661. The van der Waals surface area contributed by atoms with E-state index in [4.69, 9.17) is 5.11 Å². The topological polar surface area (TPSA) is 82.7 Å². The summed E-state index contributed by atoms with van der Waals surface area (Å²) in [7, 11) is 0. The van der Waals surface area contributed by atoms with Gasteiger partial charge in [0.25, 0.3) is 0 Å². The molecule has 0 atom stereocenters. The predicted molar refractivity (Wildman–Crippen MR) is 71.3 cm³/mol. The molecule has 1 aromatic carbocycles. The third-order valence-corrected chi connectivity index (χ3v) is 3.05. The maximum atomic E-state index is 12.1. The van der Waals surface area contributed by atoms with Crippen molar-refractivity contribution in [2.24, 2.45) is 0 Å². The van der Waals surface area contributed by atoms with E-state index in [2.05, 4.69) is 0 Å². The molecule has 0 aliphatic heterocycles. The molecule has 19 heavy (non-hydrogen) atoms. The minimum Gasteiger partial charge on any atom is -0.507 e. The lowest BCUT2D eigenvalue weighted by Gasteiger charge is -2.13. The zero-order valence-corrected chi connectivity index (χ0v) is 10.5. The molecule has 1 heterocycles. The Morgan fingerprint density at radius 1 is 1.16 bits per heavy atom. The van der Waals surface area contributed by atoms with Crippen molar-refractivity contribution in [2.75, 3.05) is 6.61 Å². The molecule has 0 saturated heterocycles. The van der Waals surface area contributed by atoms with E-state index < -0.39 is 5.43 Å². The van der Waals surface area contributed by atoms with Gasteiger partial charge in [-0.05, 0) is 13.0 Å². The first-order chi connectivity index (χ1) is 9.06. The largest absolute Gasteiger partial charge is 0.507 e. The van der Waals surface area contributed by atoms with Crippen LogP contribution in [0.2, 0.25) is 0 Å². The van der Waals surface area contributed by atoms with Crippen molar-refractivity contribution in [1.82, 2.24) is 4.57 Å². The summed E-state index contributed by atoms with van der Waals surface area (Å²) in [5.41, 5.74) is 0.413. The van der Waals surface area contributed by atoms with E-state index in [1.54, 1.807) is 29.7 Å². The van der Waals surface area contributed by atoms with E-state index in [0.29, 0.717) is 11.3 Å². The third kappa shape index (κ3) is 2.32. The second kappa shape index (κ2) is 5.16. The molecular formula is C14H15NO4. The van der Waals surface area contributed by atoms with Gasteiger partial charge in [-0.15, -0.1) is 0 Å². The van der Waals surface area contributed by atoms with Crippen LogP contribution >= 0.6 is 0 Å². The van der Waals surface area contributed by atoms with Crippen molar-refractivity contribution in [3.05, 3.63) is 46.4 Å². The Labute approximate surface area is 110 Å². The van der Waals surface area contributed by atoms with Crippen molar-refractivity contribution in [3.8, 4) is 22.6 Å². The Morgan fingerprint density at radius 2 is 1.84 bits per heavy atom. The van der Waals surface area contributed by atoms with Crippen LogP contribution in [-0.2, 0) is 6.54 Å². The lowest BCUT2D eigenvalue weighted by molar-refractivity contribution is 0.273. The zero-order chi connectivity index (χ0) is 14.0. The van der Waals surface area contributed by atoms with Crippen molar-refractivity contribution in [2.45, 2.75) is 13.5 Å². The maximum Gasteiger partial charge on any atom is 0.231 e. The van der Waals surface area contributed by atoms with Crippen LogP contribution in [0, 0.1) is 6.92 Å². The Kier molecular flexibility index (Phi) is 3.57. The van der Waals surface area contributed by atoms with Crippen LogP contribution in [0.1, 0.15) is 5.69 Å². The SMILES string of the molecule is Cc1c(O)c(=O)c(-c2ccccc2O)cn1CCO. The van der Waals surface area contributed by atoms with Gasteiger partial charge in [-0.3, -0.25) is 4.79 Å². The molecule has 100 valence electrons. The highest BCUT2D eigenvalue weighted by Crippen LogP contribution is 2.28. The summed E-state index contributed by atoms with van der Waals surface area (Å²) in [4.78, 5) is 12.1. The average Bonchev–Trinajstić information content (AvgIpc) is 2.41. The summed E-state index contributed by atoms with van der Waals surface area (Å²) in [5, 5.41) is 28.6. The van der Waals surface area contributed by atoms with Gasteiger partial charge in [0, 0.05) is 18.3 Å². The van der Waals surface area contributed by atoms with Gasteiger partial charge in [-0.25, -0.2) is 0 Å². The summed E-state index contributed by atoms with van der Waals surface area (Å²) >= 11 is 0. The quantitative estimate of drug-likeness (QED) is 0.776. The number of rotatable bonds is 3. The van der Waals surface area contributed by atoms with E-state index in [1.165, 1.54) is 12.3 Å². The van der Waals surface area contributed by atoms with Crippen LogP contribution in [0.3, 0.4) is 0 Å². The molecule has 0 aliphatic carbocycles. The van der Waals surface area contributed by atoms with E-state index in [1.807, 2.05) is 0 Å². The number of aliphatic hydroxyl groups is 1. The monoisotopic (exact) mass is 261 g/mol. The number of hydrogen-bond acceptors (Lipinski definition) is 4. The number of para-hydroxylation sites is 1. The van der Waals surface area contributed by atoms with Crippen LogP contribution in [0.25, 0.3) is 11.1 Å². The minimum atomic E-state index is -0.534. The lowest BCUT2D eigenvalue weighted by Crippen LogP contribution is -2.15. The van der Waals surface area contributed by atoms with Crippen LogP contribution in [0.4, 0.5) is 0 Å². The molecule has 3 N–H and O–H groups in total. The second-order valence-electron chi connectivity index (χ2n) is 4.24. The first-order valence-corrected chi connectivity index (χ1v) is 5.88. The normalized spacial score (nSPS) is 10.6. The van der Waals surface area contributed by atoms with Gasteiger partial charge in [0.05, 0.1) is 17.9 Å². The van der Waals surface area contributed by atoms with Gasteiger partial charge >= 0.3 is 0 Å². The number of benzene rings is 1. The molecule has 5 nitrogen and oxygen atoms in total. The molecule has 2 rings (SSSR count). The van der Waals surface area contributed by atoms with Gasteiger partial charge < -0.3 is 19.9 Å². The van der Waals surface area contributed by atoms with E-state index >= 15 is 0 Å². The number of aromatic nitrogens is 1. The lowest BCUT2D eigenvalue weighted by atomic mass is 10.1. The molecule has 0 fully saturated rings. The van der Waals surface area contributed by atoms with Gasteiger partial charge in [0.15, 0.2) is 5.75 Å². The molecule has 0 spiro atoms. The minimum absolute atomic E-state index is 0.0293. The molecule has 0 saturated carbocycles. The summed E-state index contributed by atoms with van der Waals surface area (Å²) in [6.45, 7) is 1.75. The molecule has 0 bridgehead atoms. The van der Waals surface area contributed by atoms with Gasteiger partial charge in [-0.2, -0.15) is 0 Å². The number of aromatic hydroxyl groups is 2. The first-order valence-electron chi connectivity index (χ1n) is 5.88. The van der Waals surface area contributed by atoms with Crippen LogP contribution in [-0.4, -0.2) is 26.5 Å². The predicted octanol–water partition coefficient (Wildman–Crippen LogP) is 1.23. The fourth-order valence-corrected chi connectivity index (χ4v) is 1.97. The molecule has 0 aliphatic rings. The average molecular weight is 261 g/mol. The maximum absolute atomic E-state index is 12.1. The summed E-state index contributed by atoms with van der Waals surface area (Å²) in [5.74, 6) is -0.396. The molecule has 0 amide bonds. The highest BCUT2D eigenvalue weighted by atomic mass is 16.3. The van der Waals surface area contributed by atoms with Crippen molar-refractivity contribution in [3.63, 3.8) is 0 Å². The van der Waals surface area contributed by atoms with Crippen molar-refractivity contribution >= 4 is 0 Å². The number of nitrogens with zero attached hydrogens (tertiary/aromatic N) is 1. The van der Waals surface area contributed by atoms with Crippen molar-refractivity contribution < 1.29 is 15.3 Å². The molecule has 0 radical (unpaired) electrons. The third-order valence-electron chi connectivity index (χ3n) is 3.05. The van der Waals surface area contributed by atoms with E-state index in [-0.39, 0.29) is 30.2 Å². The van der Waals surface area contributed by atoms with Gasteiger partial charge in [-0.1, -0.05) is 18.2 Å². The highest BCUT2D eigenvalue weighted by molar-refractivity contribution is 5.70. The number of phenolic OH excluding ortho intramolecular Hbond substituents is 1. The number of pyridine rings is 1. The van der Waals surface area contributed by atoms with Gasteiger partial charge in [0.2, 0.25) is 5.43 Å². The molecule has 0 unspecified atom stereocenters. The Morgan fingerprint density at radius 3 is 2.47 bits per heavy atom. The Hall–Kier alpha value is -2.27. The van der Waals surface area contributed by atoms with Crippen molar-refractivity contribution in [1.29, 1.82) is 0 Å². The summed E-state index contributed by atoms with van der Waals surface area (Å²) in [6, 6.07) is 6.42. The second-order valence-corrected chi connectivity index (χ2v) is 4.24. The highest BCUT2D eigenvalue weighted by Gasteiger charge is 2.15. The molecule has 1 aromatic heterocycles. The van der Waals surface area contributed by atoms with E-state index in [0.717, 1.165) is 0 Å². The van der Waals surface area contributed by atoms with Crippen LogP contribution in [0.15, 0.2) is 35.3 Å². The fraction of sp³-hybridized carbons (Fsp3) is 0.214. The first kappa shape index (κ1) is 13.2. The fourth-order valence-electron chi connectivity index (χ4n) is 1.97. The van der Waals surface area contributed by atoms with Gasteiger partial charge in [0.1, 0.15) is 5.75 Å². The number of aliphatic hydroxyl groups excluding tert-OH is 1. The van der Waals surface area contributed by atoms with Crippen LogP contribution < -0.4 is 5.43 Å². The molecular weight excluding hydrogens is 246 g/mol. The summed E-state index contributed by atoms with van der Waals surface area (Å²) < 4.78 is 1.58. The zero-order valence-electron chi connectivity index (χ0n) is 10.5. The standard InChI is InChI=1S/C14H15NO4/c1-9-13(18)14(19)11(8-15(9)6-7-16)10-4-2-3-5-12(10)17/h2-5,8,16-18H,6-7H2,1H3. The molecule has 5 heteroatoms.